The summed E-state index contributed by atoms with van der Waals surface area (Å²) >= 11 is 0. The molecule has 0 bridgehead atoms. The van der Waals surface area contributed by atoms with Gasteiger partial charge in [0.05, 0.1) is 5.56 Å². The molecule has 1 aromatic carbocycles. The number of hydrogen-bond donors (Lipinski definition) is 1. The van der Waals surface area contributed by atoms with Crippen molar-refractivity contribution in [3.05, 3.63) is 34.6 Å². The van der Waals surface area contributed by atoms with E-state index in [0.717, 1.165) is 11.1 Å². The number of fused-ring (bicyclic) bond motifs is 1. The number of amides is 1. The van der Waals surface area contributed by atoms with E-state index in [2.05, 4.69) is 0 Å². The van der Waals surface area contributed by atoms with E-state index in [9.17, 15) is 14.0 Å². The van der Waals surface area contributed by atoms with Crippen molar-refractivity contribution in [3.63, 3.8) is 0 Å². The smallest absolute Gasteiger partial charge is 0.410 e. The van der Waals surface area contributed by atoms with Crippen molar-refractivity contribution in [1.82, 2.24) is 4.90 Å². The second-order valence-electron chi connectivity index (χ2n) is 6.37. The van der Waals surface area contributed by atoms with Gasteiger partial charge in [-0.3, -0.25) is 0 Å². The fourth-order valence-electron chi connectivity index (χ4n) is 2.42. The predicted molar refractivity (Wildman–Crippen MR) is 78.6 cm³/mol. The normalized spacial score (nSPS) is 15.0. The van der Waals surface area contributed by atoms with E-state index < -0.39 is 23.5 Å². The molecule has 22 heavy (non-hydrogen) atoms. The third kappa shape index (κ3) is 3.75. The molecular weight excluding hydrogens is 289 g/mol. The van der Waals surface area contributed by atoms with E-state index in [4.69, 9.17) is 9.84 Å². The summed E-state index contributed by atoms with van der Waals surface area (Å²) in [7, 11) is 0. The van der Waals surface area contributed by atoms with Crippen LogP contribution in [0.4, 0.5) is 9.18 Å². The van der Waals surface area contributed by atoms with Crippen molar-refractivity contribution in [2.24, 2.45) is 0 Å². The molecule has 0 saturated heterocycles. The van der Waals surface area contributed by atoms with Crippen molar-refractivity contribution in [3.8, 4) is 0 Å². The van der Waals surface area contributed by atoms with Gasteiger partial charge in [0.25, 0.3) is 0 Å². The van der Waals surface area contributed by atoms with E-state index in [0.29, 0.717) is 25.9 Å². The summed E-state index contributed by atoms with van der Waals surface area (Å²) in [5.41, 5.74) is 0.613. The van der Waals surface area contributed by atoms with Crippen LogP contribution in [-0.2, 0) is 17.6 Å². The van der Waals surface area contributed by atoms with Gasteiger partial charge < -0.3 is 14.7 Å². The fourth-order valence-corrected chi connectivity index (χ4v) is 2.42. The number of carboxylic acid groups (broad SMARTS) is 1. The number of ether oxygens (including phenoxy) is 1. The molecule has 0 unspecified atom stereocenters. The zero-order chi connectivity index (χ0) is 16.5. The first-order valence-electron chi connectivity index (χ1n) is 7.20. The first-order chi connectivity index (χ1) is 10.2. The average Bonchev–Trinajstić information content (AvgIpc) is 2.57. The Morgan fingerprint density at radius 3 is 2.23 bits per heavy atom. The van der Waals surface area contributed by atoms with Crippen LogP contribution in [0.5, 0.6) is 0 Å². The van der Waals surface area contributed by atoms with E-state index in [-0.39, 0.29) is 5.56 Å². The standard InChI is InChI=1S/C16H20FNO4/c1-16(2,3)22-15(21)18-6-4-10-8-12(14(19)20)13(17)9-11(10)5-7-18/h8-9H,4-7H2,1-3H3,(H,19,20). The summed E-state index contributed by atoms with van der Waals surface area (Å²) in [5.74, 6) is -2.02. The van der Waals surface area contributed by atoms with Crippen LogP contribution in [-0.4, -0.2) is 40.8 Å². The van der Waals surface area contributed by atoms with Gasteiger partial charge in [-0.15, -0.1) is 0 Å². The van der Waals surface area contributed by atoms with Gasteiger partial charge in [0, 0.05) is 13.1 Å². The third-order valence-corrected chi connectivity index (χ3v) is 3.47. The highest BCUT2D eigenvalue weighted by Crippen LogP contribution is 2.22. The van der Waals surface area contributed by atoms with Gasteiger partial charge >= 0.3 is 12.1 Å². The number of hydrogen-bond acceptors (Lipinski definition) is 3. The largest absolute Gasteiger partial charge is 0.478 e. The van der Waals surface area contributed by atoms with Crippen molar-refractivity contribution in [2.75, 3.05) is 13.1 Å². The molecule has 6 heteroatoms. The van der Waals surface area contributed by atoms with Crippen molar-refractivity contribution in [1.29, 1.82) is 0 Å². The number of rotatable bonds is 1. The Balaban J connectivity index is 2.16. The molecule has 1 N–H and O–H groups in total. The molecule has 0 saturated carbocycles. The van der Waals surface area contributed by atoms with E-state index in [1.807, 2.05) is 0 Å². The predicted octanol–water partition coefficient (Wildman–Crippen LogP) is 2.86. The second kappa shape index (κ2) is 5.94. The van der Waals surface area contributed by atoms with Crippen LogP contribution in [0.3, 0.4) is 0 Å². The molecule has 0 aliphatic carbocycles. The molecule has 5 nitrogen and oxygen atoms in total. The van der Waals surface area contributed by atoms with Gasteiger partial charge in [0.15, 0.2) is 0 Å². The van der Waals surface area contributed by atoms with E-state index >= 15 is 0 Å². The van der Waals surface area contributed by atoms with Crippen LogP contribution in [0, 0.1) is 5.82 Å². The Kier molecular flexibility index (Phi) is 4.39. The lowest BCUT2D eigenvalue weighted by Crippen LogP contribution is -2.38. The number of carbonyl (C=O) groups is 2. The first kappa shape index (κ1) is 16.3. The minimum atomic E-state index is -1.28. The molecule has 120 valence electrons. The summed E-state index contributed by atoms with van der Waals surface area (Å²) in [4.78, 5) is 24.7. The average molecular weight is 309 g/mol. The van der Waals surface area contributed by atoms with Crippen molar-refractivity contribution in [2.45, 2.75) is 39.2 Å². The van der Waals surface area contributed by atoms with Crippen LogP contribution in [0.25, 0.3) is 0 Å². The number of aromatic carboxylic acids is 1. The van der Waals surface area contributed by atoms with E-state index in [1.54, 1.807) is 25.7 Å². The van der Waals surface area contributed by atoms with E-state index in [1.165, 1.54) is 12.1 Å². The SMILES string of the molecule is CC(C)(C)OC(=O)N1CCc2cc(F)c(C(=O)O)cc2CC1. The number of carboxylic acids is 1. The Bertz CT molecular complexity index is 607. The maximum Gasteiger partial charge on any atom is 0.410 e. The molecule has 0 fully saturated rings. The minimum absolute atomic E-state index is 0.329. The first-order valence-corrected chi connectivity index (χ1v) is 7.20. The molecule has 0 radical (unpaired) electrons. The lowest BCUT2D eigenvalue weighted by molar-refractivity contribution is 0.0258. The van der Waals surface area contributed by atoms with Gasteiger partial charge in [-0.05, 0) is 56.9 Å². The lowest BCUT2D eigenvalue weighted by atomic mass is 9.99. The summed E-state index contributed by atoms with van der Waals surface area (Å²) in [6.45, 7) is 6.24. The van der Waals surface area contributed by atoms with Gasteiger partial charge in [0.2, 0.25) is 0 Å². The van der Waals surface area contributed by atoms with Crippen LogP contribution < -0.4 is 0 Å². The van der Waals surface area contributed by atoms with Gasteiger partial charge in [-0.1, -0.05) is 0 Å². The third-order valence-electron chi connectivity index (χ3n) is 3.47. The molecule has 0 spiro atoms. The van der Waals surface area contributed by atoms with Crippen LogP contribution in [0.1, 0.15) is 42.3 Å². The van der Waals surface area contributed by atoms with Crippen LogP contribution in [0.15, 0.2) is 12.1 Å². The molecule has 1 aromatic rings. The Labute approximate surface area is 128 Å². The monoisotopic (exact) mass is 309 g/mol. The van der Waals surface area contributed by atoms with Crippen molar-refractivity contribution < 1.29 is 23.8 Å². The summed E-state index contributed by atoms with van der Waals surface area (Å²) in [5, 5.41) is 8.98. The zero-order valence-electron chi connectivity index (χ0n) is 13.0. The lowest BCUT2D eigenvalue weighted by Gasteiger charge is -2.26. The van der Waals surface area contributed by atoms with Crippen LogP contribution in [0.2, 0.25) is 0 Å². The van der Waals surface area contributed by atoms with Gasteiger partial charge in [-0.2, -0.15) is 0 Å². The molecule has 0 aromatic heterocycles. The number of carbonyl (C=O) groups excluding carboxylic acids is 1. The van der Waals surface area contributed by atoms with Gasteiger partial charge in [0.1, 0.15) is 11.4 Å². The second-order valence-corrected chi connectivity index (χ2v) is 6.37. The minimum Gasteiger partial charge on any atom is -0.478 e. The Hall–Kier alpha value is -2.11. The fraction of sp³-hybridized carbons (Fsp3) is 0.500. The Morgan fingerprint density at radius 1 is 1.18 bits per heavy atom. The molecule has 1 aliphatic rings. The quantitative estimate of drug-likeness (QED) is 0.866. The zero-order valence-corrected chi connectivity index (χ0v) is 13.0. The highest BCUT2D eigenvalue weighted by atomic mass is 19.1. The number of benzene rings is 1. The highest BCUT2D eigenvalue weighted by Gasteiger charge is 2.25. The topological polar surface area (TPSA) is 66.8 Å². The maximum atomic E-state index is 13.8. The van der Waals surface area contributed by atoms with Crippen LogP contribution >= 0.6 is 0 Å². The molecule has 1 aliphatic heterocycles. The number of nitrogens with zero attached hydrogens (tertiary/aromatic N) is 1. The number of halogens is 1. The summed E-state index contributed by atoms with van der Waals surface area (Å²) < 4.78 is 19.1. The molecule has 0 atom stereocenters. The van der Waals surface area contributed by atoms with Gasteiger partial charge in [-0.25, -0.2) is 14.0 Å². The molecule has 2 rings (SSSR count). The Morgan fingerprint density at radius 2 is 1.73 bits per heavy atom. The molecule has 1 amide bonds. The van der Waals surface area contributed by atoms with Crippen molar-refractivity contribution >= 4 is 12.1 Å². The summed E-state index contributed by atoms with van der Waals surface area (Å²) in [6.07, 6.45) is 0.555. The molecular formula is C16H20FNO4. The summed E-state index contributed by atoms with van der Waals surface area (Å²) in [6, 6.07) is 2.63. The maximum absolute atomic E-state index is 13.8. The molecule has 1 heterocycles. The highest BCUT2D eigenvalue weighted by molar-refractivity contribution is 5.88.